The largest absolute Gasteiger partial charge is 0.377 e. The molecule has 28 heavy (non-hydrogen) atoms. The molecule has 1 saturated carbocycles. The fourth-order valence-corrected chi connectivity index (χ4v) is 4.56. The number of piperidine rings is 1. The van der Waals surface area contributed by atoms with Gasteiger partial charge >= 0.3 is 0 Å². The van der Waals surface area contributed by atoms with Crippen molar-refractivity contribution in [1.82, 2.24) is 15.1 Å². The average Bonchev–Trinajstić information content (AvgIpc) is 3.41. The van der Waals surface area contributed by atoms with Gasteiger partial charge in [0, 0.05) is 51.3 Å². The van der Waals surface area contributed by atoms with Gasteiger partial charge in [-0.2, -0.15) is 0 Å². The summed E-state index contributed by atoms with van der Waals surface area (Å²) in [6.45, 7) is 8.79. The molecule has 0 aromatic rings. The third-order valence-corrected chi connectivity index (χ3v) is 6.11. The Kier molecular flexibility index (Phi) is 7.71. The molecule has 7 nitrogen and oxygen atoms in total. The Morgan fingerprint density at radius 1 is 1.25 bits per heavy atom. The quantitative estimate of drug-likeness (QED) is 0.608. The van der Waals surface area contributed by atoms with Crippen molar-refractivity contribution in [2.75, 3.05) is 39.3 Å². The lowest BCUT2D eigenvalue weighted by atomic mass is 9.93. The summed E-state index contributed by atoms with van der Waals surface area (Å²) in [6.07, 6.45) is 6.12. The normalized spacial score (nSPS) is 28.2. The second-order valence-corrected chi connectivity index (χ2v) is 9.06. The highest BCUT2D eigenvalue weighted by Gasteiger charge is 2.43. The third-order valence-electron chi connectivity index (χ3n) is 6.11. The van der Waals surface area contributed by atoms with E-state index in [0.717, 1.165) is 51.8 Å². The fraction of sp³-hybridized carbons (Fsp3) is 0.905. The minimum absolute atomic E-state index is 0.0502. The smallest absolute Gasteiger partial charge is 0.242 e. The highest BCUT2D eigenvalue weighted by atomic mass is 16.5. The third kappa shape index (κ3) is 5.67. The van der Waals surface area contributed by atoms with Crippen molar-refractivity contribution in [3.05, 3.63) is 0 Å². The summed E-state index contributed by atoms with van der Waals surface area (Å²) < 4.78 is 5.88. The SMILES string of the molecule is CC(C)CN(CC1CCCO1)C1CCN(C(=O)C2CC2)[C@@H](C(=O)NCCN)C1. The van der Waals surface area contributed by atoms with Crippen LogP contribution >= 0.6 is 0 Å². The van der Waals surface area contributed by atoms with Gasteiger partial charge in [0.1, 0.15) is 6.04 Å². The first-order valence-electron chi connectivity index (χ1n) is 11.1. The van der Waals surface area contributed by atoms with Crippen LogP contribution in [0.15, 0.2) is 0 Å². The van der Waals surface area contributed by atoms with E-state index in [1.165, 1.54) is 0 Å². The van der Waals surface area contributed by atoms with Gasteiger partial charge in [0.05, 0.1) is 6.10 Å². The maximum atomic E-state index is 12.8. The van der Waals surface area contributed by atoms with Gasteiger partial charge < -0.3 is 20.7 Å². The number of ether oxygens (including phenoxy) is 1. The molecule has 0 spiro atoms. The number of nitrogens with zero attached hydrogens (tertiary/aromatic N) is 2. The molecule has 1 aliphatic carbocycles. The second-order valence-electron chi connectivity index (χ2n) is 9.06. The molecule has 0 radical (unpaired) electrons. The maximum Gasteiger partial charge on any atom is 0.242 e. The van der Waals surface area contributed by atoms with Crippen LogP contribution in [0.1, 0.15) is 52.4 Å². The lowest BCUT2D eigenvalue weighted by Gasteiger charge is -2.44. The molecule has 160 valence electrons. The monoisotopic (exact) mass is 394 g/mol. The maximum absolute atomic E-state index is 12.8. The summed E-state index contributed by atoms with van der Waals surface area (Å²) in [5.41, 5.74) is 5.56. The van der Waals surface area contributed by atoms with E-state index in [0.29, 0.717) is 44.1 Å². The molecule has 2 heterocycles. The molecule has 0 aromatic carbocycles. The zero-order valence-electron chi connectivity index (χ0n) is 17.6. The molecule has 3 N–H and O–H groups in total. The van der Waals surface area contributed by atoms with Crippen LogP contribution in [0.25, 0.3) is 0 Å². The van der Waals surface area contributed by atoms with Crippen molar-refractivity contribution in [2.45, 2.75) is 70.6 Å². The Morgan fingerprint density at radius 3 is 2.64 bits per heavy atom. The van der Waals surface area contributed by atoms with Crippen molar-refractivity contribution < 1.29 is 14.3 Å². The van der Waals surface area contributed by atoms with Gasteiger partial charge in [-0.1, -0.05) is 13.8 Å². The number of carbonyl (C=O) groups is 2. The highest BCUT2D eigenvalue weighted by molar-refractivity contribution is 5.89. The lowest BCUT2D eigenvalue weighted by molar-refractivity contribution is -0.145. The average molecular weight is 395 g/mol. The van der Waals surface area contributed by atoms with Gasteiger partial charge in [0.25, 0.3) is 0 Å². The van der Waals surface area contributed by atoms with Crippen molar-refractivity contribution in [3.63, 3.8) is 0 Å². The van der Waals surface area contributed by atoms with Gasteiger partial charge in [0.15, 0.2) is 0 Å². The van der Waals surface area contributed by atoms with E-state index in [1.807, 2.05) is 4.90 Å². The van der Waals surface area contributed by atoms with Gasteiger partial charge in [-0.05, 0) is 44.4 Å². The van der Waals surface area contributed by atoms with E-state index in [-0.39, 0.29) is 23.8 Å². The Labute approximate surface area is 169 Å². The number of hydrogen-bond acceptors (Lipinski definition) is 5. The van der Waals surface area contributed by atoms with Crippen molar-refractivity contribution in [3.8, 4) is 0 Å². The predicted octanol–water partition coefficient (Wildman–Crippen LogP) is 0.968. The van der Waals surface area contributed by atoms with E-state index < -0.39 is 0 Å². The Morgan fingerprint density at radius 2 is 2.04 bits per heavy atom. The fourth-order valence-electron chi connectivity index (χ4n) is 4.56. The molecule has 3 atom stereocenters. The van der Waals surface area contributed by atoms with Crippen LogP contribution in [-0.4, -0.2) is 79.1 Å². The predicted molar refractivity (Wildman–Crippen MR) is 109 cm³/mol. The number of nitrogens with one attached hydrogen (secondary N) is 1. The van der Waals surface area contributed by atoms with Crippen molar-refractivity contribution in [1.29, 1.82) is 0 Å². The van der Waals surface area contributed by atoms with Gasteiger partial charge in [0.2, 0.25) is 11.8 Å². The Hall–Kier alpha value is -1.18. The van der Waals surface area contributed by atoms with E-state index in [2.05, 4.69) is 24.1 Å². The second kappa shape index (κ2) is 10.0. The molecule has 3 fully saturated rings. The lowest BCUT2D eigenvalue weighted by Crippen LogP contribution is -2.58. The highest BCUT2D eigenvalue weighted by Crippen LogP contribution is 2.34. The summed E-state index contributed by atoms with van der Waals surface area (Å²) >= 11 is 0. The molecular weight excluding hydrogens is 356 g/mol. The number of likely N-dealkylation sites (tertiary alicyclic amines) is 1. The summed E-state index contributed by atoms with van der Waals surface area (Å²) in [5.74, 6) is 0.809. The Balaban J connectivity index is 1.69. The number of amides is 2. The molecule has 3 aliphatic rings. The van der Waals surface area contributed by atoms with E-state index in [4.69, 9.17) is 10.5 Å². The van der Waals surface area contributed by atoms with Crippen LogP contribution < -0.4 is 11.1 Å². The first-order valence-corrected chi connectivity index (χ1v) is 11.1. The molecular formula is C21H38N4O3. The minimum atomic E-state index is -0.377. The molecule has 2 unspecified atom stereocenters. The van der Waals surface area contributed by atoms with Crippen LogP contribution in [0.2, 0.25) is 0 Å². The summed E-state index contributed by atoms with van der Waals surface area (Å²) in [6, 6.07) is -0.0685. The topological polar surface area (TPSA) is 87.9 Å². The molecule has 2 aliphatic heterocycles. The zero-order valence-corrected chi connectivity index (χ0v) is 17.6. The molecule has 2 saturated heterocycles. The van der Waals surface area contributed by atoms with Crippen LogP contribution in [0.3, 0.4) is 0 Å². The number of hydrogen-bond donors (Lipinski definition) is 2. The summed E-state index contributed by atoms with van der Waals surface area (Å²) in [5, 5.41) is 2.92. The number of nitrogens with two attached hydrogens (primary N) is 1. The molecule has 0 bridgehead atoms. The van der Waals surface area contributed by atoms with Crippen molar-refractivity contribution >= 4 is 11.8 Å². The minimum Gasteiger partial charge on any atom is -0.377 e. The first-order chi connectivity index (χ1) is 13.5. The van der Waals surface area contributed by atoms with Crippen LogP contribution in [0.5, 0.6) is 0 Å². The Bertz CT molecular complexity index is 532. The van der Waals surface area contributed by atoms with Crippen LogP contribution in [0, 0.1) is 11.8 Å². The van der Waals surface area contributed by atoms with Crippen LogP contribution in [-0.2, 0) is 14.3 Å². The number of rotatable bonds is 9. The van der Waals surface area contributed by atoms with Gasteiger partial charge in [-0.25, -0.2) is 0 Å². The van der Waals surface area contributed by atoms with E-state index >= 15 is 0 Å². The standard InChI is InChI=1S/C21H38N4O3/c1-15(2)13-24(14-18-4-3-11-28-18)17-7-10-25(21(27)16-5-6-16)19(12-17)20(26)23-9-8-22/h15-19H,3-14,22H2,1-2H3,(H,23,26)/t17?,18?,19-/m1/s1. The summed E-state index contributed by atoms with van der Waals surface area (Å²) in [7, 11) is 0. The van der Waals surface area contributed by atoms with Crippen molar-refractivity contribution in [2.24, 2.45) is 17.6 Å². The van der Waals surface area contributed by atoms with Gasteiger partial charge in [-0.15, -0.1) is 0 Å². The van der Waals surface area contributed by atoms with Crippen LogP contribution in [0.4, 0.5) is 0 Å². The molecule has 0 aromatic heterocycles. The summed E-state index contributed by atoms with van der Waals surface area (Å²) in [4.78, 5) is 30.0. The zero-order chi connectivity index (χ0) is 20.1. The van der Waals surface area contributed by atoms with E-state index in [9.17, 15) is 9.59 Å². The van der Waals surface area contributed by atoms with Gasteiger partial charge in [-0.3, -0.25) is 14.5 Å². The molecule has 3 rings (SSSR count). The molecule has 2 amide bonds. The number of carbonyl (C=O) groups excluding carboxylic acids is 2. The first kappa shape index (κ1) is 21.5. The molecule has 7 heteroatoms. The van der Waals surface area contributed by atoms with E-state index in [1.54, 1.807) is 0 Å².